The molecule has 0 aliphatic heterocycles. The number of hydrogen-bond donors (Lipinski definition) is 1. The Morgan fingerprint density at radius 3 is 2.71 bits per heavy atom. The van der Waals surface area contributed by atoms with E-state index in [9.17, 15) is 4.79 Å². The van der Waals surface area contributed by atoms with Gasteiger partial charge in [-0.2, -0.15) is 0 Å². The number of aromatic nitrogens is 1. The predicted octanol–water partition coefficient (Wildman–Crippen LogP) is 1.99. The molecular formula is C10H15NO3. The first kappa shape index (κ1) is 10.8. The quantitative estimate of drug-likeness (QED) is 0.804. The second-order valence-electron chi connectivity index (χ2n) is 4.27. The summed E-state index contributed by atoms with van der Waals surface area (Å²) in [5.74, 6) is -0.138. The van der Waals surface area contributed by atoms with E-state index in [0.29, 0.717) is 12.2 Å². The van der Waals surface area contributed by atoms with Crippen molar-refractivity contribution < 1.29 is 14.3 Å². The fraction of sp³-hybridized carbons (Fsp3) is 0.600. The number of nitrogens with zero attached hydrogens (tertiary/aromatic N) is 1. The van der Waals surface area contributed by atoms with Crippen LogP contribution in [0.25, 0.3) is 0 Å². The average molecular weight is 197 g/mol. The summed E-state index contributed by atoms with van der Waals surface area (Å²) in [5, 5.41) is 8.54. The molecule has 0 aliphatic rings. The first-order valence-corrected chi connectivity index (χ1v) is 4.56. The molecule has 0 fully saturated rings. The van der Waals surface area contributed by atoms with Crippen LogP contribution in [0.5, 0.6) is 0 Å². The van der Waals surface area contributed by atoms with E-state index in [0.717, 1.165) is 5.69 Å². The second-order valence-corrected chi connectivity index (χ2v) is 4.27. The highest BCUT2D eigenvalue weighted by Gasteiger charge is 2.22. The fourth-order valence-corrected chi connectivity index (χ4v) is 1.28. The summed E-state index contributed by atoms with van der Waals surface area (Å²) in [6.45, 7) is 6.07. The van der Waals surface area contributed by atoms with Crippen molar-refractivity contribution in [2.75, 3.05) is 0 Å². The number of aliphatic carboxylic acids is 1. The predicted molar refractivity (Wildman–Crippen MR) is 51.2 cm³/mol. The summed E-state index contributed by atoms with van der Waals surface area (Å²) in [7, 11) is 0. The lowest BCUT2D eigenvalue weighted by Crippen LogP contribution is -2.14. The van der Waals surface area contributed by atoms with Crippen LogP contribution in [0.3, 0.4) is 0 Å². The number of hydrogen-bond acceptors (Lipinski definition) is 3. The van der Waals surface area contributed by atoms with Crippen LogP contribution in [-0.4, -0.2) is 16.1 Å². The number of oxazole rings is 1. The summed E-state index contributed by atoms with van der Waals surface area (Å²) in [6, 6.07) is 0. The van der Waals surface area contributed by atoms with Gasteiger partial charge in [0.25, 0.3) is 0 Å². The molecule has 0 aromatic carbocycles. The lowest BCUT2D eigenvalue weighted by molar-refractivity contribution is -0.137. The Bertz CT molecular complexity index is 322. The number of rotatable bonds is 3. The van der Waals surface area contributed by atoms with Gasteiger partial charge in [-0.3, -0.25) is 4.79 Å². The molecule has 0 aliphatic carbocycles. The van der Waals surface area contributed by atoms with E-state index in [-0.39, 0.29) is 11.8 Å². The van der Waals surface area contributed by atoms with Crippen LogP contribution in [0, 0.1) is 0 Å². The highest BCUT2D eigenvalue weighted by Crippen LogP contribution is 2.24. The molecule has 0 radical (unpaired) electrons. The highest BCUT2D eigenvalue weighted by atomic mass is 16.4. The second kappa shape index (κ2) is 3.82. The number of carboxylic acids is 1. The molecule has 0 unspecified atom stereocenters. The van der Waals surface area contributed by atoms with E-state index in [4.69, 9.17) is 9.52 Å². The molecular weight excluding hydrogens is 182 g/mol. The Balaban J connectivity index is 2.78. The van der Waals surface area contributed by atoms with Crippen LogP contribution in [0.2, 0.25) is 0 Å². The van der Waals surface area contributed by atoms with E-state index in [1.807, 2.05) is 20.8 Å². The van der Waals surface area contributed by atoms with Gasteiger partial charge in [-0.1, -0.05) is 20.8 Å². The third-order valence-corrected chi connectivity index (χ3v) is 1.92. The molecule has 0 amide bonds. The van der Waals surface area contributed by atoms with Gasteiger partial charge in [0.15, 0.2) is 6.39 Å². The van der Waals surface area contributed by atoms with Crippen molar-refractivity contribution >= 4 is 5.97 Å². The molecule has 0 spiro atoms. The monoisotopic (exact) mass is 197 g/mol. The van der Waals surface area contributed by atoms with E-state index >= 15 is 0 Å². The molecule has 14 heavy (non-hydrogen) atoms. The molecule has 4 nitrogen and oxygen atoms in total. The summed E-state index contributed by atoms with van der Waals surface area (Å²) >= 11 is 0. The molecule has 78 valence electrons. The van der Waals surface area contributed by atoms with E-state index in [2.05, 4.69) is 4.98 Å². The van der Waals surface area contributed by atoms with Gasteiger partial charge in [0.1, 0.15) is 5.76 Å². The Morgan fingerprint density at radius 2 is 2.21 bits per heavy atom. The molecule has 0 saturated heterocycles. The van der Waals surface area contributed by atoms with Gasteiger partial charge in [0, 0.05) is 11.8 Å². The third kappa shape index (κ3) is 2.58. The van der Waals surface area contributed by atoms with Crippen LogP contribution in [0.1, 0.15) is 38.6 Å². The maximum absolute atomic E-state index is 10.4. The zero-order valence-electron chi connectivity index (χ0n) is 8.70. The Labute approximate surface area is 83.0 Å². The van der Waals surface area contributed by atoms with Crippen LogP contribution >= 0.6 is 0 Å². The van der Waals surface area contributed by atoms with Gasteiger partial charge in [-0.15, -0.1) is 0 Å². The van der Waals surface area contributed by atoms with Crippen molar-refractivity contribution in [3.05, 3.63) is 17.8 Å². The first-order chi connectivity index (χ1) is 6.41. The molecule has 1 heterocycles. The minimum Gasteiger partial charge on any atom is -0.481 e. The number of carbonyl (C=O) groups is 1. The normalized spacial score (nSPS) is 11.6. The lowest BCUT2D eigenvalue weighted by atomic mass is 9.90. The third-order valence-electron chi connectivity index (χ3n) is 1.92. The Morgan fingerprint density at radius 1 is 1.57 bits per heavy atom. The highest BCUT2D eigenvalue weighted by molar-refractivity contribution is 5.66. The van der Waals surface area contributed by atoms with Crippen molar-refractivity contribution in [3.8, 4) is 0 Å². The SMILES string of the molecule is CC(C)(C)c1ncoc1CCC(=O)O. The van der Waals surface area contributed by atoms with Crippen LogP contribution in [0.15, 0.2) is 10.8 Å². The van der Waals surface area contributed by atoms with Gasteiger partial charge >= 0.3 is 5.97 Å². The van der Waals surface area contributed by atoms with Crippen LogP contribution < -0.4 is 0 Å². The molecule has 4 heteroatoms. The maximum atomic E-state index is 10.4. The van der Waals surface area contributed by atoms with Crippen molar-refractivity contribution in [1.82, 2.24) is 4.98 Å². The molecule has 0 atom stereocenters. The molecule has 1 aromatic rings. The summed E-state index contributed by atoms with van der Waals surface area (Å²) in [6.07, 6.45) is 1.86. The lowest BCUT2D eigenvalue weighted by Gasteiger charge is -2.15. The van der Waals surface area contributed by atoms with Crippen LogP contribution in [0.4, 0.5) is 0 Å². The largest absolute Gasteiger partial charge is 0.481 e. The minimum absolute atomic E-state index is 0.0816. The van der Waals surface area contributed by atoms with E-state index in [1.165, 1.54) is 6.39 Å². The van der Waals surface area contributed by atoms with E-state index < -0.39 is 5.97 Å². The van der Waals surface area contributed by atoms with Gasteiger partial charge in [0.05, 0.1) is 12.1 Å². The molecule has 1 N–H and O–H groups in total. The standard InChI is InChI=1S/C10H15NO3/c1-10(2,3)9-7(14-6-11-9)4-5-8(12)13/h6H,4-5H2,1-3H3,(H,12,13). The fourth-order valence-electron chi connectivity index (χ4n) is 1.28. The number of aryl methyl sites for hydroxylation is 1. The Kier molecular flexibility index (Phi) is 2.93. The van der Waals surface area contributed by atoms with Gasteiger partial charge in [-0.05, 0) is 0 Å². The van der Waals surface area contributed by atoms with Crippen molar-refractivity contribution in [2.24, 2.45) is 0 Å². The van der Waals surface area contributed by atoms with Crippen molar-refractivity contribution in [1.29, 1.82) is 0 Å². The van der Waals surface area contributed by atoms with Crippen molar-refractivity contribution in [3.63, 3.8) is 0 Å². The van der Waals surface area contributed by atoms with Gasteiger partial charge in [-0.25, -0.2) is 4.98 Å². The summed E-state index contributed by atoms with van der Waals surface area (Å²) < 4.78 is 5.17. The van der Waals surface area contributed by atoms with Gasteiger partial charge < -0.3 is 9.52 Å². The molecule has 0 bridgehead atoms. The van der Waals surface area contributed by atoms with Gasteiger partial charge in [0.2, 0.25) is 0 Å². The zero-order valence-corrected chi connectivity index (χ0v) is 8.70. The maximum Gasteiger partial charge on any atom is 0.303 e. The Hall–Kier alpha value is -1.32. The number of carboxylic acid groups (broad SMARTS) is 1. The first-order valence-electron chi connectivity index (χ1n) is 4.56. The smallest absolute Gasteiger partial charge is 0.303 e. The molecule has 0 saturated carbocycles. The van der Waals surface area contributed by atoms with Crippen LogP contribution in [-0.2, 0) is 16.6 Å². The van der Waals surface area contributed by atoms with Crippen molar-refractivity contribution in [2.45, 2.75) is 39.0 Å². The minimum atomic E-state index is -0.818. The average Bonchev–Trinajstić information content (AvgIpc) is 2.46. The summed E-state index contributed by atoms with van der Waals surface area (Å²) in [4.78, 5) is 14.5. The summed E-state index contributed by atoms with van der Waals surface area (Å²) in [5.41, 5.74) is 0.750. The van der Waals surface area contributed by atoms with E-state index in [1.54, 1.807) is 0 Å². The molecule has 1 rings (SSSR count). The topological polar surface area (TPSA) is 63.3 Å². The molecule has 1 aromatic heterocycles. The zero-order chi connectivity index (χ0) is 10.8.